The van der Waals surface area contributed by atoms with Crippen LogP contribution in [0, 0.1) is 0 Å². The molecular weight excluding hydrogens is 282 g/mol. The second kappa shape index (κ2) is 8.00. The number of methoxy groups -OCH3 is 1. The maximum Gasteiger partial charge on any atom is 0.328 e. The fraction of sp³-hybridized carbons (Fsp3) is 0.154. The van der Waals surface area contributed by atoms with Crippen molar-refractivity contribution < 1.29 is 24.2 Å². The van der Waals surface area contributed by atoms with Crippen LogP contribution in [0.5, 0.6) is 0 Å². The normalized spacial score (nSPS) is 10.2. The fourth-order valence-electron chi connectivity index (χ4n) is 1.17. The molecule has 0 radical (unpaired) electrons. The Morgan fingerprint density at radius 2 is 1.90 bits per heavy atom. The van der Waals surface area contributed by atoms with Crippen molar-refractivity contribution in [2.75, 3.05) is 18.2 Å². The molecule has 0 atom stereocenters. The molecule has 106 valence electrons. The molecule has 20 heavy (non-hydrogen) atoms. The van der Waals surface area contributed by atoms with Crippen LogP contribution in [0.3, 0.4) is 0 Å². The predicted octanol–water partition coefficient (Wildman–Crippen LogP) is 1.53. The first-order valence-corrected chi connectivity index (χ1v) is 6.51. The third kappa shape index (κ3) is 6.05. The van der Waals surface area contributed by atoms with Gasteiger partial charge in [0.15, 0.2) is 0 Å². The summed E-state index contributed by atoms with van der Waals surface area (Å²) in [6, 6.07) is 6.80. The zero-order chi connectivity index (χ0) is 15.0. The zero-order valence-corrected chi connectivity index (χ0v) is 11.5. The Hall–Kier alpha value is -2.28. The highest BCUT2D eigenvalue weighted by Crippen LogP contribution is 2.20. The van der Waals surface area contributed by atoms with Crippen LogP contribution in [-0.2, 0) is 19.1 Å². The third-order valence-electron chi connectivity index (χ3n) is 2.08. The van der Waals surface area contributed by atoms with Gasteiger partial charge in [0.2, 0.25) is 5.91 Å². The van der Waals surface area contributed by atoms with Crippen LogP contribution in [-0.4, -0.2) is 35.8 Å². The molecule has 0 bridgehead atoms. The summed E-state index contributed by atoms with van der Waals surface area (Å²) in [6.45, 7) is 0. The Morgan fingerprint density at radius 1 is 1.25 bits per heavy atom. The number of hydrogen-bond acceptors (Lipinski definition) is 5. The number of rotatable bonds is 6. The van der Waals surface area contributed by atoms with Gasteiger partial charge in [0, 0.05) is 22.7 Å². The second-order valence-corrected chi connectivity index (χ2v) is 4.60. The number of thioether (sulfide) groups is 1. The molecule has 0 saturated heterocycles. The Labute approximate surface area is 119 Å². The Morgan fingerprint density at radius 3 is 2.45 bits per heavy atom. The zero-order valence-electron chi connectivity index (χ0n) is 10.7. The van der Waals surface area contributed by atoms with Crippen LogP contribution < -0.4 is 5.32 Å². The van der Waals surface area contributed by atoms with Gasteiger partial charge in [0.25, 0.3) is 0 Å². The van der Waals surface area contributed by atoms with E-state index in [9.17, 15) is 14.4 Å². The maximum absolute atomic E-state index is 11.3. The van der Waals surface area contributed by atoms with E-state index in [0.717, 1.165) is 17.0 Å². The van der Waals surface area contributed by atoms with Gasteiger partial charge in [-0.3, -0.25) is 9.59 Å². The van der Waals surface area contributed by atoms with Crippen LogP contribution >= 0.6 is 11.8 Å². The van der Waals surface area contributed by atoms with Crippen LogP contribution in [0.1, 0.15) is 0 Å². The number of carboxylic acid groups (broad SMARTS) is 1. The molecule has 6 nitrogen and oxygen atoms in total. The van der Waals surface area contributed by atoms with Gasteiger partial charge in [-0.15, -0.1) is 11.8 Å². The van der Waals surface area contributed by atoms with Crippen LogP contribution in [0.4, 0.5) is 5.69 Å². The van der Waals surface area contributed by atoms with Crippen molar-refractivity contribution in [2.45, 2.75) is 4.90 Å². The van der Waals surface area contributed by atoms with Crippen molar-refractivity contribution in [3.63, 3.8) is 0 Å². The molecule has 0 fully saturated rings. The lowest BCUT2D eigenvalue weighted by molar-refractivity contribution is -0.137. The number of carbonyl (C=O) groups is 3. The van der Waals surface area contributed by atoms with Gasteiger partial charge >= 0.3 is 11.9 Å². The van der Waals surface area contributed by atoms with E-state index in [2.05, 4.69) is 10.1 Å². The summed E-state index contributed by atoms with van der Waals surface area (Å²) in [5, 5.41) is 10.9. The van der Waals surface area contributed by atoms with E-state index < -0.39 is 11.9 Å². The van der Waals surface area contributed by atoms with Crippen LogP contribution in [0.15, 0.2) is 41.3 Å². The number of esters is 1. The number of anilines is 1. The summed E-state index contributed by atoms with van der Waals surface area (Å²) in [6.07, 6.45) is 1.69. The van der Waals surface area contributed by atoms with Crippen LogP contribution in [0.25, 0.3) is 0 Å². The number of nitrogens with one attached hydrogen (secondary N) is 1. The molecule has 7 heteroatoms. The second-order valence-electron chi connectivity index (χ2n) is 3.55. The highest BCUT2D eigenvalue weighted by Gasteiger charge is 2.03. The van der Waals surface area contributed by atoms with Gasteiger partial charge in [0.1, 0.15) is 0 Å². The molecule has 1 amide bonds. The van der Waals surface area contributed by atoms with E-state index in [4.69, 9.17) is 5.11 Å². The minimum Gasteiger partial charge on any atom is -0.478 e. The predicted molar refractivity (Wildman–Crippen MR) is 74.6 cm³/mol. The number of aliphatic carboxylic acids is 1. The number of hydrogen-bond donors (Lipinski definition) is 2. The summed E-state index contributed by atoms with van der Waals surface area (Å²) in [5.74, 6) is -1.81. The molecule has 0 saturated carbocycles. The summed E-state index contributed by atoms with van der Waals surface area (Å²) < 4.78 is 4.52. The number of carbonyl (C=O) groups excluding carboxylic acids is 2. The van der Waals surface area contributed by atoms with E-state index in [-0.39, 0.29) is 11.7 Å². The molecule has 1 aromatic carbocycles. The minimum absolute atomic E-state index is 0.212. The first-order valence-electron chi connectivity index (χ1n) is 5.53. The van der Waals surface area contributed by atoms with E-state index in [1.165, 1.54) is 18.9 Å². The summed E-state index contributed by atoms with van der Waals surface area (Å²) >= 11 is 1.32. The number of ether oxygens (including phenoxy) is 1. The summed E-state index contributed by atoms with van der Waals surface area (Å²) in [4.78, 5) is 33.4. The number of amides is 1. The number of benzene rings is 1. The van der Waals surface area contributed by atoms with Crippen molar-refractivity contribution in [1.29, 1.82) is 0 Å². The highest BCUT2D eigenvalue weighted by molar-refractivity contribution is 8.00. The smallest absolute Gasteiger partial charge is 0.328 e. The van der Waals surface area contributed by atoms with Crippen molar-refractivity contribution in [1.82, 2.24) is 0 Å². The molecule has 0 heterocycles. The largest absolute Gasteiger partial charge is 0.478 e. The molecule has 0 unspecified atom stereocenters. The van der Waals surface area contributed by atoms with Gasteiger partial charge in [-0.1, -0.05) is 0 Å². The lowest BCUT2D eigenvalue weighted by Crippen LogP contribution is -2.08. The lowest BCUT2D eigenvalue weighted by atomic mass is 10.3. The molecule has 1 aromatic rings. The monoisotopic (exact) mass is 295 g/mol. The van der Waals surface area contributed by atoms with Gasteiger partial charge in [-0.05, 0) is 24.3 Å². The average molecular weight is 295 g/mol. The SMILES string of the molecule is COC(=O)CSc1ccc(NC(=O)/C=C/C(=O)O)cc1. The third-order valence-corrected chi connectivity index (χ3v) is 3.07. The van der Waals surface area contributed by atoms with Crippen molar-refractivity contribution in [3.05, 3.63) is 36.4 Å². The Kier molecular flexibility index (Phi) is 6.31. The van der Waals surface area contributed by atoms with Gasteiger partial charge in [0.05, 0.1) is 12.9 Å². The lowest BCUT2D eigenvalue weighted by Gasteiger charge is -2.04. The molecule has 2 N–H and O–H groups in total. The average Bonchev–Trinajstić information content (AvgIpc) is 2.44. The quantitative estimate of drug-likeness (QED) is 0.470. The van der Waals surface area contributed by atoms with Crippen LogP contribution in [0.2, 0.25) is 0 Å². The highest BCUT2D eigenvalue weighted by atomic mass is 32.2. The standard InChI is InChI=1S/C13H13NO5S/c1-19-13(18)8-20-10-4-2-9(3-5-10)14-11(15)6-7-12(16)17/h2-7H,8H2,1H3,(H,14,15)(H,16,17)/b7-6+. The Balaban J connectivity index is 2.52. The van der Waals surface area contributed by atoms with Gasteiger partial charge < -0.3 is 15.2 Å². The summed E-state index contributed by atoms with van der Waals surface area (Å²) in [5.41, 5.74) is 0.535. The fourth-order valence-corrected chi connectivity index (χ4v) is 1.90. The Bertz CT molecular complexity index is 524. The molecule has 0 aliphatic carbocycles. The summed E-state index contributed by atoms with van der Waals surface area (Å²) in [7, 11) is 1.33. The van der Waals surface area contributed by atoms with Crippen molar-refractivity contribution >= 4 is 35.3 Å². The van der Waals surface area contributed by atoms with E-state index in [1.807, 2.05) is 0 Å². The molecule has 0 aromatic heterocycles. The first-order chi connectivity index (χ1) is 9.51. The molecule has 0 aliphatic heterocycles. The van der Waals surface area contributed by atoms with E-state index in [0.29, 0.717) is 5.69 Å². The van der Waals surface area contributed by atoms with Gasteiger partial charge in [-0.25, -0.2) is 4.79 Å². The van der Waals surface area contributed by atoms with E-state index in [1.54, 1.807) is 24.3 Å². The topological polar surface area (TPSA) is 92.7 Å². The van der Waals surface area contributed by atoms with Crippen molar-refractivity contribution in [3.8, 4) is 0 Å². The number of carboxylic acids is 1. The first kappa shape index (κ1) is 15.8. The van der Waals surface area contributed by atoms with Crippen molar-refractivity contribution in [2.24, 2.45) is 0 Å². The minimum atomic E-state index is -1.19. The maximum atomic E-state index is 11.3. The molecule has 1 rings (SSSR count). The van der Waals surface area contributed by atoms with Gasteiger partial charge in [-0.2, -0.15) is 0 Å². The molecular formula is C13H13NO5S. The van der Waals surface area contributed by atoms with E-state index >= 15 is 0 Å². The molecule has 0 spiro atoms. The molecule has 0 aliphatic rings.